The first-order valence-electron chi connectivity index (χ1n) is 6.42. The van der Waals surface area contributed by atoms with E-state index in [-0.39, 0.29) is 0 Å². The van der Waals surface area contributed by atoms with Gasteiger partial charge < -0.3 is 4.74 Å². The van der Waals surface area contributed by atoms with E-state index >= 15 is 0 Å². The molecule has 2 nitrogen and oxygen atoms in total. The summed E-state index contributed by atoms with van der Waals surface area (Å²) in [4.78, 5) is 2.64. The van der Waals surface area contributed by atoms with Crippen molar-refractivity contribution in [2.45, 2.75) is 37.9 Å². The topological polar surface area (TPSA) is 12.5 Å². The summed E-state index contributed by atoms with van der Waals surface area (Å²) in [6.45, 7) is 1.07. The van der Waals surface area contributed by atoms with Gasteiger partial charge in [0, 0.05) is 18.6 Å². The standard InChI is InChI=1S/C15H19NO/c1-17-15-9-5-12(6-10-15)11-16-13-3-2-4-14(16)8-7-13/h2-3,5-6,9-10,13-14H,4,7-8,11H2,1H3. The van der Waals surface area contributed by atoms with E-state index in [4.69, 9.17) is 4.74 Å². The van der Waals surface area contributed by atoms with Gasteiger partial charge in [-0.15, -0.1) is 0 Å². The Kier molecular flexibility index (Phi) is 2.89. The van der Waals surface area contributed by atoms with E-state index in [9.17, 15) is 0 Å². The van der Waals surface area contributed by atoms with Crippen LogP contribution in [0, 0.1) is 0 Å². The third-order valence-corrected chi connectivity index (χ3v) is 3.98. The van der Waals surface area contributed by atoms with Crippen LogP contribution in [0.2, 0.25) is 0 Å². The van der Waals surface area contributed by atoms with Crippen LogP contribution >= 0.6 is 0 Å². The summed E-state index contributed by atoms with van der Waals surface area (Å²) in [6.07, 6.45) is 8.65. The molecule has 2 heterocycles. The third-order valence-electron chi connectivity index (χ3n) is 3.98. The lowest BCUT2D eigenvalue weighted by atomic mass is 10.1. The zero-order valence-corrected chi connectivity index (χ0v) is 10.3. The molecule has 0 aliphatic carbocycles. The summed E-state index contributed by atoms with van der Waals surface area (Å²) < 4.78 is 5.19. The summed E-state index contributed by atoms with van der Waals surface area (Å²) in [7, 11) is 1.71. The molecule has 3 rings (SSSR count). The normalized spacial score (nSPS) is 27.4. The lowest BCUT2D eigenvalue weighted by Gasteiger charge is -2.31. The first-order valence-corrected chi connectivity index (χ1v) is 6.42. The predicted octanol–water partition coefficient (Wildman–Crippen LogP) is 2.99. The maximum atomic E-state index is 5.19. The quantitative estimate of drug-likeness (QED) is 0.739. The van der Waals surface area contributed by atoms with Crippen LogP contribution in [0.1, 0.15) is 24.8 Å². The molecule has 1 saturated heterocycles. The number of ether oxygens (including phenoxy) is 1. The molecule has 1 aromatic carbocycles. The molecule has 0 N–H and O–H groups in total. The molecule has 2 bridgehead atoms. The van der Waals surface area contributed by atoms with Crippen molar-refractivity contribution in [3.8, 4) is 5.75 Å². The van der Waals surface area contributed by atoms with Crippen molar-refractivity contribution in [1.82, 2.24) is 4.90 Å². The van der Waals surface area contributed by atoms with Crippen LogP contribution in [-0.2, 0) is 6.54 Å². The fraction of sp³-hybridized carbons (Fsp3) is 0.467. The van der Waals surface area contributed by atoms with Crippen LogP contribution in [0.15, 0.2) is 36.4 Å². The zero-order valence-electron chi connectivity index (χ0n) is 10.3. The Labute approximate surface area is 103 Å². The monoisotopic (exact) mass is 229 g/mol. The largest absolute Gasteiger partial charge is 0.497 e. The Morgan fingerprint density at radius 2 is 2.06 bits per heavy atom. The van der Waals surface area contributed by atoms with Crippen LogP contribution in [0.25, 0.3) is 0 Å². The molecule has 17 heavy (non-hydrogen) atoms. The van der Waals surface area contributed by atoms with E-state index in [2.05, 4.69) is 41.3 Å². The molecular weight excluding hydrogens is 210 g/mol. The molecule has 1 aromatic rings. The summed E-state index contributed by atoms with van der Waals surface area (Å²) in [6, 6.07) is 9.91. The number of benzene rings is 1. The Morgan fingerprint density at radius 1 is 1.24 bits per heavy atom. The van der Waals surface area contributed by atoms with Gasteiger partial charge in [-0.05, 0) is 37.0 Å². The molecule has 1 fully saturated rings. The van der Waals surface area contributed by atoms with Gasteiger partial charge in [0.1, 0.15) is 5.75 Å². The minimum atomic E-state index is 0.677. The molecule has 0 radical (unpaired) electrons. The highest BCUT2D eigenvalue weighted by atomic mass is 16.5. The van der Waals surface area contributed by atoms with Crippen molar-refractivity contribution >= 4 is 0 Å². The summed E-state index contributed by atoms with van der Waals surface area (Å²) >= 11 is 0. The van der Waals surface area contributed by atoms with E-state index in [1.165, 1.54) is 24.8 Å². The van der Waals surface area contributed by atoms with Gasteiger partial charge in [-0.2, -0.15) is 0 Å². The fourth-order valence-electron chi connectivity index (χ4n) is 3.01. The highest BCUT2D eigenvalue weighted by molar-refractivity contribution is 5.27. The smallest absolute Gasteiger partial charge is 0.118 e. The van der Waals surface area contributed by atoms with E-state index in [0.717, 1.165) is 18.3 Å². The number of rotatable bonds is 3. The molecule has 2 atom stereocenters. The molecule has 2 aliphatic heterocycles. The SMILES string of the molecule is COc1ccc(CN2C3C=CCC2CC3)cc1. The van der Waals surface area contributed by atoms with Crippen molar-refractivity contribution in [2.24, 2.45) is 0 Å². The van der Waals surface area contributed by atoms with Crippen molar-refractivity contribution in [1.29, 1.82) is 0 Å². The van der Waals surface area contributed by atoms with Crippen molar-refractivity contribution in [2.75, 3.05) is 7.11 Å². The number of nitrogens with zero attached hydrogens (tertiary/aromatic N) is 1. The van der Waals surface area contributed by atoms with E-state index in [1.807, 2.05) is 0 Å². The van der Waals surface area contributed by atoms with Crippen LogP contribution in [0.3, 0.4) is 0 Å². The highest BCUT2D eigenvalue weighted by Gasteiger charge is 2.33. The lowest BCUT2D eigenvalue weighted by Crippen LogP contribution is -2.36. The summed E-state index contributed by atoms with van der Waals surface area (Å²) in [5.41, 5.74) is 1.39. The van der Waals surface area contributed by atoms with Gasteiger partial charge in [0.05, 0.1) is 7.11 Å². The second-order valence-electron chi connectivity index (χ2n) is 4.98. The van der Waals surface area contributed by atoms with Gasteiger partial charge in [-0.3, -0.25) is 4.90 Å². The molecule has 0 amide bonds. The van der Waals surface area contributed by atoms with E-state index < -0.39 is 0 Å². The van der Waals surface area contributed by atoms with Crippen LogP contribution in [-0.4, -0.2) is 24.1 Å². The molecule has 0 aromatic heterocycles. The molecular formula is C15H19NO. The Balaban J connectivity index is 1.72. The molecule has 0 saturated carbocycles. The minimum absolute atomic E-state index is 0.677. The van der Waals surface area contributed by atoms with Crippen LogP contribution in [0.4, 0.5) is 0 Å². The van der Waals surface area contributed by atoms with E-state index in [0.29, 0.717) is 6.04 Å². The maximum absolute atomic E-state index is 5.19. The third kappa shape index (κ3) is 2.09. The first kappa shape index (κ1) is 10.8. The molecule has 90 valence electrons. The minimum Gasteiger partial charge on any atom is -0.497 e. The summed E-state index contributed by atoms with van der Waals surface area (Å²) in [5.74, 6) is 0.940. The van der Waals surface area contributed by atoms with Gasteiger partial charge in [0.2, 0.25) is 0 Å². The van der Waals surface area contributed by atoms with Gasteiger partial charge in [-0.25, -0.2) is 0 Å². The molecule has 0 spiro atoms. The van der Waals surface area contributed by atoms with E-state index in [1.54, 1.807) is 7.11 Å². The fourth-order valence-corrected chi connectivity index (χ4v) is 3.01. The number of fused-ring (bicyclic) bond motifs is 2. The molecule has 2 heteroatoms. The number of hydrogen-bond acceptors (Lipinski definition) is 2. The lowest BCUT2D eigenvalue weighted by molar-refractivity contribution is 0.200. The van der Waals surface area contributed by atoms with Gasteiger partial charge >= 0.3 is 0 Å². The maximum Gasteiger partial charge on any atom is 0.118 e. The Bertz CT molecular complexity index is 409. The molecule has 2 unspecified atom stereocenters. The molecule has 2 aliphatic rings. The second kappa shape index (κ2) is 4.53. The van der Waals surface area contributed by atoms with Crippen molar-refractivity contribution < 1.29 is 4.74 Å². The Hall–Kier alpha value is -1.28. The Morgan fingerprint density at radius 3 is 2.76 bits per heavy atom. The van der Waals surface area contributed by atoms with Crippen molar-refractivity contribution in [3.05, 3.63) is 42.0 Å². The van der Waals surface area contributed by atoms with Crippen LogP contribution in [0.5, 0.6) is 5.75 Å². The average molecular weight is 229 g/mol. The van der Waals surface area contributed by atoms with Crippen molar-refractivity contribution in [3.63, 3.8) is 0 Å². The first-order chi connectivity index (χ1) is 8.36. The van der Waals surface area contributed by atoms with Gasteiger partial charge in [-0.1, -0.05) is 24.3 Å². The number of methoxy groups -OCH3 is 1. The summed E-state index contributed by atoms with van der Waals surface area (Å²) in [5, 5.41) is 0. The van der Waals surface area contributed by atoms with Gasteiger partial charge in [0.15, 0.2) is 0 Å². The second-order valence-corrected chi connectivity index (χ2v) is 4.98. The number of hydrogen-bond donors (Lipinski definition) is 0. The zero-order chi connectivity index (χ0) is 11.7. The van der Waals surface area contributed by atoms with Crippen LogP contribution < -0.4 is 4.74 Å². The van der Waals surface area contributed by atoms with Gasteiger partial charge in [0.25, 0.3) is 0 Å². The predicted molar refractivity (Wildman–Crippen MR) is 69.1 cm³/mol. The average Bonchev–Trinajstić information content (AvgIpc) is 2.62. The highest BCUT2D eigenvalue weighted by Crippen LogP contribution is 2.32.